The first-order valence-corrected chi connectivity index (χ1v) is 9.28. The molecule has 1 aliphatic rings. The normalized spacial score (nSPS) is 20.1. The molecule has 2 rings (SSSR count). The van der Waals surface area contributed by atoms with E-state index in [0.717, 1.165) is 5.56 Å². The Labute approximate surface area is 161 Å². The van der Waals surface area contributed by atoms with Gasteiger partial charge in [0.25, 0.3) is 0 Å². The van der Waals surface area contributed by atoms with Gasteiger partial charge in [0.15, 0.2) is 0 Å². The predicted octanol–water partition coefficient (Wildman–Crippen LogP) is 3.70. The molecular formula is C21H29NO5. The molecule has 1 fully saturated rings. The van der Waals surface area contributed by atoms with Crippen LogP contribution in [0.3, 0.4) is 0 Å². The molecule has 0 aliphatic carbocycles. The Morgan fingerprint density at radius 2 is 1.93 bits per heavy atom. The van der Waals surface area contributed by atoms with Crippen LogP contribution in [0.5, 0.6) is 0 Å². The summed E-state index contributed by atoms with van der Waals surface area (Å²) < 4.78 is 16.4. The average molecular weight is 375 g/mol. The Hall–Kier alpha value is -2.34. The van der Waals surface area contributed by atoms with Gasteiger partial charge in [-0.1, -0.05) is 36.4 Å². The highest BCUT2D eigenvalue weighted by Crippen LogP contribution is 2.25. The lowest BCUT2D eigenvalue weighted by Gasteiger charge is -2.27. The van der Waals surface area contributed by atoms with Gasteiger partial charge in [0.1, 0.15) is 5.60 Å². The minimum atomic E-state index is -0.588. The van der Waals surface area contributed by atoms with Crippen molar-refractivity contribution < 1.29 is 23.8 Å². The molecule has 6 heteroatoms. The summed E-state index contributed by atoms with van der Waals surface area (Å²) in [5.74, 6) is -0.421. The largest absolute Gasteiger partial charge is 0.463 e. The molecule has 1 saturated heterocycles. The van der Waals surface area contributed by atoms with E-state index < -0.39 is 17.7 Å². The van der Waals surface area contributed by atoms with E-state index in [-0.39, 0.29) is 12.1 Å². The number of hydrogen-bond donors (Lipinski definition) is 0. The van der Waals surface area contributed by atoms with Crippen LogP contribution in [0, 0.1) is 0 Å². The molecule has 27 heavy (non-hydrogen) atoms. The SMILES string of the molecule is CCOC(=O)/C=C/C1CC(OCc2ccccc2)CN1C(=O)OC(C)(C)C. The van der Waals surface area contributed by atoms with Crippen LogP contribution in [0.15, 0.2) is 42.5 Å². The van der Waals surface area contributed by atoms with Crippen molar-refractivity contribution in [3.8, 4) is 0 Å². The number of amides is 1. The van der Waals surface area contributed by atoms with Gasteiger partial charge in [0, 0.05) is 6.08 Å². The van der Waals surface area contributed by atoms with E-state index in [1.54, 1.807) is 17.9 Å². The number of ether oxygens (including phenoxy) is 3. The van der Waals surface area contributed by atoms with Gasteiger partial charge in [-0.05, 0) is 39.7 Å². The minimum absolute atomic E-state index is 0.130. The molecule has 1 amide bonds. The molecule has 1 aromatic carbocycles. The first-order valence-electron chi connectivity index (χ1n) is 9.28. The number of nitrogens with zero attached hydrogens (tertiary/aromatic N) is 1. The van der Waals surface area contributed by atoms with E-state index in [1.165, 1.54) is 6.08 Å². The Morgan fingerprint density at radius 3 is 2.56 bits per heavy atom. The standard InChI is InChI=1S/C21H29NO5/c1-5-25-19(23)12-11-17-13-18(26-15-16-9-7-6-8-10-16)14-22(17)20(24)27-21(2,3)4/h6-12,17-18H,5,13-15H2,1-4H3/b12-11+. The Balaban J connectivity index is 2.03. The number of rotatable bonds is 6. The molecule has 0 saturated carbocycles. The fourth-order valence-electron chi connectivity index (χ4n) is 2.83. The third-order valence-electron chi connectivity index (χ3n) is 4.00. The number of carbonyl (C=O) groups excluding carboxylic acids is 2. The zero-order valence-corrected chi connectivity index (χ0v) is 16.5. The second kappa shape index (κ2) is 9.55. The number of carbonyl (C=O) groups is 2. The van der Waals surface area contributed by atoms with E-state index in [4.69, 9.17) is 14.2 Å². The van der Waals surface area contributed by atoms with E-state index in [1.807, 2.05) is 51.1 Å². The summed E-state index contributed by atoms with van der Waals surface area (Å²) in [6.45, 7) is 8.44. The van der Waals surface area contributed by atoms with Gasteiger partial charge in [-0.3, -0.25) is 4.90 Å². The average Bonchev–Trinajstić information content (AvgIpc) is 3.01. The Kier molecular flexibility index (Phi) is 7.42. The van der Waals surface area contributed by atoms with Gasteiger partial charge >= 0.3 is 12.1 Å². The molecule has 148 valence electrons. The van der Waals surface area contributed by atoms with Gasteiger partial charge < -0.3 is 14.2 Å². The quantitative estimate of drug-likeness (QED) is 0.560. The van der Waals surface area contributed by atoms with Crippen molar-refractivity contribution in [3.05, 3.63) is 48.0 Å². The Morgan fingerprint density at radius 1 is 1.22 bits per heavy atom. The molecule has 1 aromatic rings. The van der Waals surface area contributed by atoms with Crippen molar-refractivity contribution in [2.75, 3.05) is 13.2 Å². The summed E-state index contributed by atoms with van der Waals surface area (Å²) in [5.41, 5.74) is 0.488. The van der Waals surface area contributed by atoms with Crippen LogP contribution in [0.4, 0.5) is 4.79 Å². The van der Waals surface area contributed by atoms with E-state index in [9.17, 15) is 9.59 Å². The van der Waals surface area contributed by atoms with Crippen molar-refractivity contribution in [1.29, 1.82) is 0 Å². The van der Waals surface area contributed by atoms with Crippen LogP contribution >= 0.6 is 0 Å². The maximum atomic E-state index is 12.6. The lowest BCUT2D eigenvalue weighted by atomic mass is 10.2. The number of hydrogen-bond acceptors (Lipinski definition) is 5. The maximum Gasteiger partial charge on any atom is 0.410 e. The summed E-state index contributed by atoms with van der Waals surface area (Å²) in [7, 11) is 0. The lowest BCUT2D eigenvalue weighted by molar-refractivity contribution is -0.137. The fourth-order valence-corrected chi connectivity index (χ4v) is 2.83. The predicted molar refractivity (Wildman–Crippen MR) is 102 cm³/mol. The number of likely N-dealkylation sites (tertiary alicyclic amines) is 1. The smallest absolute Gasteiger partial charge is 0.410 e. The maximum absolute atomic E-state index is 12.6. The summed E-state index contributed by atoms with van der Waals surface area (Å²) in [6, 6.07) is 9.61. The molecule has 0 bridgehead atoms. The monoisotopic (exact) mass is 375 g/mol. The first kappa shape index (κ1) is 21.0. The van der Waals surface area contributed by atoms with E-state index >= 15 is 0 Å². The molecule has 2 unspecified atom stereocenters. The van der Waals surface area contributed by atoms with Gasteiger partial charge in [0.2, 0.25) is 0 Å². The number of benzene rings is 1. The zero-order valence-electron chi connectivity index (χ0n) is 16.5. The molecule has 0 N–H and O–H groups in total. The van der Waals surface area contributed by atoms with Gasteiger partial charge in [-0.25, -0.2) is 9.59 Å². The second-order valence-electron chi connectivity index (χ2n) is 7.47. The highest BCUT2D eigenvalue weighted by atomic mass is 16.6. The van der Waals surface area contributed by atoms with Gasteiger partial charge in [-0.15, -0.1) is 0 Å². The van der Waals surface area contributed by atoms with Crippen LogP contribution in [0.25, 0.3) is 0 Å². The molecule has 0 aromatic heterocycles. The first-order chi connectivity index (χ1) is 12.8. The van der Waals surface area contributed by atoms with Gasteiger partial charge in [-0.2, -0.15) is 0 Å². The second-order valence-corrected chi connectivity index (χ2v) is 7.47. The summed E-state index contributed by atoms with van der Waals surface area (Å²) >= 11 is 0. The molecule has 6 nitrogen and oxygen atoms in total. The summed E-state index contributed by atoms with van der Waals surface area (Å²) in [5, 5.41) is 0. The van der Waals surface area contributed by atoms with Crippen LogP contribution < -0.4 is 0 Å². The number of esters is 1. The molecule has 1 aliphatic heterocycles. The topological polar surface area (TPSA) is 65.1 Å². The third kappa shape index (κ3) is 7.06. The van der Waals surface area contributed by atoms with Crippen LogP contribution in [-0.4, -0.2) is 47.9 Å². The molecular weight excluding hydrogens is 346 g/mol. The van der Waals surface area contributed by atoms with Crippen LogP contribution in [0.1, 0.15) is 39.7 Å². The highest BCUT2D eigenvalue weighted by molar-refractivity contribution is 5.82. The molecule has 0 spiro atoms. The van der Waals surface area contributed by atoms with Crippen molar-refractivity contribution >= 4 is 12.1 Å². The summed E-state index contributed by atoms with van der Waals surface area (Å²) in [4.78, 5) is 25.8. The highest BCUT2D eigenvalue weighted by Gasteiger charge is 2.37. The van der Waals surface area contributed by atoms with E-state index in [2.05, 4.69) is 0 Å². The minimum Gasteiger partial charge on any atom is -0.463 e. The fraction of sp³-hybridized carbons (Fsp3) is 0.524. The molecule has 2 atom stereocenters. The Bertz CT molecular complexity index is 650. The van der Waals surface area contributed by atoms with Crippen LogP contribution in [-0.2, 0) is 25.6 Å². The molecule has 0 radical (unpaired) electrons. The van der Waals surface area contributed by atoms with E-state index in [0.29, 0.717) is 26.2 Å². The third-order valence-corrected chi connectivity index (χ3v) is 4.00. The van der Waals surface area contributed by atoms with Crippen molar-refractivity contribution in [2.45, 2.75) is 58.5 Å². The van der Waals surface area contributed by atoms with Gasteiger partial charge in [0.05, 0.1) is 31.9 Å². The zero-order chi connectivity index (χ0) is 19.9. The lowest BCUT2D eigenvalue weighted by Crippen LogP contribution is -2.39. The summed E-state index contributed by atoms with van der Waals surface area (Å²) in [6.07, 6.45) is 3.11. The van der Waals surface area contributed by atoms with Crippen molar-refractivity contribution in [3.63, 3.8) is 0 Å². The molecule has 1 heterocycles. The van der Waals surface area contributed by atoms with Crippen molar-refractivity contribution in [1.82, 2.24) is 4.90 Å². The van der Waals surface area contributed by atoms with Crippen molar-refractivity contribution in [2.24, 2.45) is 0 Å². The van der Waals surface area contributed by atoms with Crippen LogP contribution in [0.2, 0.25) is 0 Å².